The van der Waals surface area contributed by atoms with Gasteiger partial charge in [0.1, 0.15) is 18.2 Å². The molecule has 0 spiro atoms. The second-order valence-corrected chi connectivity index (χ2v) is 6.06. The van der Waals surface area contributed by atoms with E-state index in [0.717, 1.165) is 22.8 Å². The van der Waals surface area contributed by atoms with E-state index in [0.29, 0.717) is 18.1 Å². The van der Waals surface area contributed by atoms with Gasteiger partial charge in [0.15, 0.2) is 0 Å². The third kappa shape index (κ3) is 4.84. The highest BCUT2D eigenvalue weighted by Crippen LogP contribution is 2.17. The van der Waals surface area contributed by atoms with E-state index in [2.05, 4.69) is 10.3 Å². The summed E-state index contributed by atoms with van der Waals surface area (Å²) in [7, 11) is 1.92. The van der Waals surface area contributed by atoms with Crippen molar-refractivity contribution in [3.8, 4) is 5.75 Å². The van der Waals surface area contributed by atoms with Crippen molar-refractivity contribution in [2.75, 3.05) is 5.32 Å². The van der Waals surface area contributed by atoms with Crippen molar-refractivity contribution >= 4 is 23.2 Å². The molecule has 1 amide bonds. The minimum absolute atomic E-state index is 0.0796. The molecule has 1 N–H and O–H groups in total. The maximum absolute atomic E-state index is 12.1. The third-order valence-corrected chi connectivity index (χ3v) is 3.96. The molecule has 0 aliphatic heterocycles. The Bertz CT molecular complexity index is 842. The number of imidazole rings is 1. The SMILES string of the molecule is Cn1ccnc1COc1ccc(NC(=O)Cc2ccc(Cl)cc2)cc1. The summed E-state index contributed by atoms with van der Waals surface area (Å²) in [5, 5.41) is 3.52. The van der Waals surface area contributed by atoms with Gasteiger partial charge in [0.25, 0.3) is 0 Å². The molecule has 0 aliphatic rings. The number of amides is 1. The quantitative estimate of drug-likeness (QED) is 0.731. The first-order valence-corrected chi connectivity index (χ1v) is 8.21. The number of aromatic nitrogens is 2. The predicted molar refractivity (Wildman–Crippen MR) is 97.8 cm³/mol. The van der Waals surface area contributed by atoms with Crippen LogP contribution in [0.1, 0.15) is 11.4 Å². The lowest BCUT2D eigenvalue weighted by molar-refractivity contribution is -0.115. The van der Waals surface area contributed by atoms with Gasteiger partial charge >= 0.3 is 0 Å². The molecule has 128 valence electrons. The molecule has 1 aromatic heterocycles. The highest BCUT2D eigenvalue weighted by Gasteiger charge is 2.05. The molecular formula is C19H18ClN3O2. The number of hydrogen-bond acceptors (Lipinski definition) is 3. The Morgan fingerprint density at radius 1 is 1.16 bits per heavy atom. The van der Waals surface area contributed by atoms with Crippen molar-refractivity contribution in [2.24, 2.45) is 7.05 Å². The molecule has 1 heterocycles. The van der Waals surface area contributed by atoms with Crippen LogP contribution in [0.25, 0.3) is 0 Å². The van der Waals surface area contributed by atoms with E-state index in [-0.39, 0.29) is 5.91 Å². The molecule has 5 nitrogen and oxygen atoms in total. The molecule has 0 fully saturated rings. The van der Waals surface area contributed by atoms with Crippen LogP contribution in [0.15, 0.2) is 60.9 Å². The lowest BCUT2D eigenvalue weighted by atomic mass is 10.1. The van der Waals surface area contributed by atoms with Crippen molar-refractivity contribution in [3.05, 3.63) is 77.3 Å². The molecule has 3 aromatic rings. The topological polar surface area (TPSA) is 56.1 Å². The first-order valence-electron chi connectivity index (χ1n) is 7.83. The number of benzene rings is 2. The number of ether oxygens (including phenoxy) is 1. The van der Waals surface area contributed by atoms with Gasteiger partial charge in [0.05, 0.1) is 6.42 Å². The van der Waals surface area contributed by atoms with Crippen molar-refractivity contribution in [1.82, 2.24) is 9.55 Å². The van der Waals surface area contributed by atoms with Crippen molar-refractivity contribution in [1.29, 1.82) is 0 Å². The van der Waals surface area contributed by atoms with E-state index in [1.807, 2.05) is 54.2 Å². The number of rotatable bonds is 6. The second-order valence-electron chi connectivity index (χ2n) is 5.62. The minimum atomic E-state index is -0.0796. The average Bonchev–Trinajstić information content (AvgIpc) is 3.01. The lowest BCUT2D eigenvalue weighted by Gasteiger charge is -2.08. The van der Waals surface area contributed by atoms with Gasteiger partial charge in [0.2, 0.25) is 5.91 Å². The normalized spacial score (nSPS) is 10.5. The summed E-state index contributed by atoms with van der Waals surface area (Å²) in [6.45, 7) is 0.395. The van der Waals surface area contributed by atoms with Crippen LogP contribution in [0.5, 0.6) is 5.75 Å². The van der Waals surface area contributed by atoms with Gasteiger partial charge in [-0.2, -0.15) is 0 Å². The molecule has 0 unspecified atom stereocenters. The number of hydrogen-bond donors (Lipinski definition) is 1. The van der Waals surface area contributed by atoms with Crippen LogP contribution in [-0.4, -0.2) is 15.5 Å². The predicted octanol–water partition coefficient (Wildman–Crippen LogP) is 3.83. The van der Waals surface area contributed by atoms with Gasteiger partial charge in [-0.15, -0.1) is 0 Å². The summed E-state index contributed by atoms with van der Waals surface area (Å²) < 4.78 is 7.60. The minimum Gasteiger partial charge on any atom is -0.486 e. The second kappa shape index (κ2) is 7.85. The van der Waals surface area contributed by atoms with E-state index in [9.17, 15) is 4.79 Å². The maximum Gasteiger partial charge on any atom is 0.228 e. The lowest BCUT2D eigenvalue weighted by Crippen LogP contribution is -2.14. The summed E-state index contributed by atoms with van der Waals surface area (Å²) in [6.07, 6.45) is 3.91. The highest BCUT2D eigenvalue weighted by molar-refractivity contribution is 6.30. The molecule has 2 aromatic carbocycles. The van der Waals surface area contributed by atoms with Crippen LogP contribution in [0.2, 0.25) is 5.02 Å². The van der Waals surface area contributed by atoms with Gasteiger partial charge in [-0.1, -0.05) is 23.7 Å². The molecule has 0 bridgehead atoms. The van der Waals surface area contributed by atoms with Gasteiger partial charge in [-0.25, -0.2) is 4.98 Å². The number of aryl methyl sites for hydroxylation is 1. The van der Waals surface area contributed by atoms with Crippen LogP contribution in [0.4, 0.5) is 5.69 Å². The fourth-order valence-corrected chi connectivity index (χ4v) is 2.44. The fourth-order valence-electron chi connectivity index (χ4n) is 2.31. The number of nitrogens with zero attached hydrogens (tertiary/aromatic N) is 2. The number of nitrogens with one attached hydrogen (secondary N) is 1. The Balaban J connectivity index is 1.52. The molecule has 0 saturated heterocycles. The molecule has 6 heteroatoms. The Labute approximate surface area is 151 Å². The Morgan fingerprint density at radius 2 is 1.88 bits per heavy atom. The summed E-state index contributed by atoms with van der Waals surface area (Å²) in [6, 6.07) is 14.5. The molecular weight excluding hydrogens is 338 g/mol. The largest absolute Gasteiger partial charge is 0.486 e. The Kier molecular flexibility index (Phi) is 5.36. The molecule has 0 atom stereocenters. The zero-order valence-corrected chi connectivity index (χ0v) is 14.5. The zero-order chi connectivity index (χ0) is 17.6. The summed E-state index contributed by atoms with van der Waals surface area (Å²) in [5.74, 6) is 1.49. The van der Waals surface area contributed by atoms with Crippen molar-refractivity contribution in [2.45, 2.75) is 13.0 Å². The number of carbonyl (C=O) groups is 1. The summed E-state index contributed by atoms with van der Waals surface area (Å²) in [5.41, 5.74) is 1.64. The number of anilines is 1. The maximum atomic E-state index is 12.1. The average molecular weight is 356 g/mol. The van der Waals surface area contributed by atoms with Crippen LogP contribution >= 0.6 is 11.6 Å². The number of halogens is 1. The molecule has 0 radical (unpaired) electrons. The van der Waals surface area contributed by atoms with Gasteiger partial charge in [0, 0.05) is 30.2 Å². The fraction of sp³-hybridized carbons (Fsp3) is 0.158. The van der Waals surface area contributed by atoms with Gasteiger partial charge < -0.3 is 14.6 Å². The Hall–Kier alpha value is -2.79. The van der Waals surface area contributed by atoms with Crippen molar-refractivity contribution in [3.63, 3.8) is 0 Å². The van der Waals surface area contributed by atoms with Crippen LogP contribution in [0.3, 0.4) is 0 Å². The third-order valence-electron chi connectivity index (χ3n) is 3.70. The van der Waals surface area contributed by atoms with Gasteiger partial charge in [-0.3, -0.25) is 4.79 Å². The van der Waals surface area contributed by atoms with Crippen LogP contribution < -0.4 is 10.1 Å². The monoisotopic (exact) mass is 355 g/mol. The highest BCUT2D eigenvalue weighted by atomic mass is 35.5. The van der Waals surface area contributed by atoms with Crippen LogP contribution in [0, 0.1) is 0 Å². The first kappa shape index (κ1) is 17.0. The molecule has 3 rings (SSSR count). The standard InChI is InChI=1S/C19H18ClN3O2/c1-23-11-10-21-18(23)13-25-17-8-6-16(7-9-17)22-19(24)12-14-2-4-15(20)5-3-14/h2-11H,12-13H2,1H3,(H,22,24). The molecule has 0 saturated carbocycles. The molecule has 25 heavy (non-hydrogen) atoms. The first-order chi connectivity index (χ1) is 12.1. The van der Waals surface area contributed by atoms with E-state index in [1.54, 1.807) is 18.3 Å². The van der Waals surface area contributed by atoms with E-state index < -0.39 is 0 Å². The number of carbonyl (C=O) groups excluding carboxylic acids is 1. The zero-order valence-electron chi connectivity index (χ0n) is 13.8. The Morgan fingerprint density at radius 3 is 2.52 bits per heavy atom. The van der Waals surface area contributed by atoms with Gasteiger partial charge in [-0.05, 0) is 42.0 Å². The van der Waals surface area contributed by atoms with Crippen molar-refractivity contribution < 1.29 is 9.53 Å². The summed E-state index contributed by atoms with van der Waals surface area (Å²) in [4.78, 5) is 16.3. The van der Waals surface area contributed by atoms with E-state index in [1.165, 1.54) is 0 Å². The smallest absolute Gasteiger partial charge is 0.228 e. The van der Waals surface area contributed by atoms with E-state index in [4.69, 9.17) is 16.3 Å². The van der Waals surface area contributed by atoms with Crippen LogP contribution in [-0.2, 0) is 24.9 Å². The molecule has 0 aliphatic carbocycles. The summed E-state index contributed by atoms with van der Waals surface area (Å²) >= 11 is 5.84. The van der Waals surface area contributed by atoms with E-state index >= 15 is 0 Å².